The molecule has 144 valence electrons. The molecule has 1 unspecified atom stereocenters. The van der Waals surface area contributed by atoms with Gasteiger partial charge < -0.3 is 14.8 Å². The predicted molar refractivity (Wildman–Crippen MR) is 110 cm³/mol. The summed E-state index contributed by atoms with van der Waals surface area (Å²) in [5.41, 5.74) is 2.95. The highest BCUT2D eigenvalue weighted by atomic mass is 32.2. The zero-order valence-electron chi connectivity index (χ0n) is 16.0. The maximum Gasteiger partial charge on any atom is 0.251 e. The van der Waals surface area contributed by atoms with Crippen LogP contribution in [0.25, 0.3) is 0 Å². The molecule has 1 fully saturated rings. The van der Waals surface area contributed by atoms with Crippen molar-refractivity contribution < 1.29 is 14.3 Å². The van der Waals surface area contributed by atoms with Gasteiger partial charge in [-0.05, 0) is 57.0 Å². The molecule has 1 aliphatic rings. The maximum atomic E-state index is 12.5. The van der Waals surface area contributed by atoms with E-state index in [-0.39, 0.29) is 12.0 Å². The van der Waals surface area contributed by atoms with Crippen molar-refractivity contribution in [3.63, 3.8) is 0 Å². The minimum atomic E-state index is -0.0601. The summed E-state index contributed by atoms with van der Waals surface area (Å²) in [6.45, 7) is 6.02. The zero-order valence-corrected chi connectivity index (χ0v) is 16.8. The number of amides is 1. The zero-order chi connectivity index (χ0) is 19.1. The first kappa shape index (κ1) is 19.8. The summed E-state index contributed by atoms with van der Waals surface area (Å²) in [7, 11) is 0. The van der Waals surface area contributed by atoms with Gasteiger partial charge in [0.25, 0.3) is 5.91 Å². The third-order valence-corrected chi connectivity index (χ3v) is 5.61. The minimum Gasteiger partial charge on any atom is -0.494 e. The third-order valence-electron chi connectivity index (χ3n) is 4.55. The molecule has 5 heteroatoms. The van der Waals surface area contributed by atoms with Crippen LogP contribution in [0.5, 0.6) is 5.75 Å². The van der Waals surface area contributed by atoms with Crippen LogP contribution < -0.4 is 10.1 Å². The Balaban J connectivity index is 1.67. The highest BCUT2D eigenvalue weighted by Crippen LogP contribution is 2.29. The Hall–Kier alpha value is -1.98. The molecule has 3 rings (SSSR count). The van der Waals surface area contributed by atoms with Gasteiger partial charge in [-0.2, -0.15) is 0 Å². The van der Waals surface area contributed by atoms with Gasteiger partial charge in [-0.1, -0.05) is 17.7 Å². The van der Waals surface area contributed by atoms with Crippen molar-refractivity contribution in [1.29, 1.82) is 0 Å². The van der Waals surface area contributed by atoms with Crippen molar-refractivity contribution >= 4 is 17.7 Å². The summed E-state index contributed by atoms with van der Waals surface area (Å²) >= 11 is 1.74. The number of nitrogens with one attached hydrogen (secondary N) is 1. The van der Waals surface area contributed by atoms with Crippen LogP contribution in [0.15, 0.2) is 47.4 Å². The topological polar surface area (TPSA) is 47.6 Å². The van der Waals surface area contributed by atoms with Gasteiger partial charge in [0.1, 0.15) is 5.75 Å². The van der Waals surface area contributed by atoms with Crippen molar-refractivity contribution in [2.45, 2.75) is 43.4 Å². The van der Waals surface area contributed by atoms with E-state index in [1.54, 1.807) is 11.8 Å². The van der Waals surface area contributed by atoms with Gasteiger partial charge in [0.15, 0.2) is 0 Å². The second-order valence-electron chi connectivity index (χ2n) is 6.70. The second-order valence-corrected chi connectivity index (χ2v) is 7.75. The smallest absolute Gasteiger partial charge is 0.251 e. The van der Waals surface area contributed by atoms with Crippen molar-refractivity contribution in [1.82, 2.24) is 5.32 Å². The molecule has 0 spiro atoms. The Morgan fingerprint density at radius 3 is 2.78 bits per heavy atom. The standard InChI is InChI=1S/C22H27NO3S/c1-3-25-21-11-8-17(22(24)23-14-19-5-4-12-26-19)13-18(21)15-27-20-9-6-16(2)7-10-20/h6-11,13,19H,3-5,12,14-15H2,1-2H3,(H,23,24). The van der Waals surface area contributed by atoms with Gasteiger partial charge in [0, 0.05) is 34.9 Å². The van der Waals surface area contributed by atoms with E-state index in [9.17, 15) is 4.79 Å². The van der Waals surface area contributed by atoms with Crippen LogP contribution in [0.4, 0.5) is 0 Å². The molecule has 1 amide bonds. The number of benzene rings is 2. The number of carbonyl (C=O) groups excluding carboxylic acids is 1. The molecule has 2 aromatic rings. The first-order valence-electron chi connectivity index (χ1n) is 9.50. The molecule has 4 nitrogen and oxygen atoms in total. The molecule has 1 N–H and O–H groups in total. The number of thioether (sulfide) groups is 1. The van der Waals surface area contributed by atoms with Crippen LogP contribution in [-0.2, 0) is 10.5 Å². The summed E-state index contributed by atoms with van der Waals surface area (Å²) in [5, 5.41) is 2.99. The van der Waals surface area contributed by atoms with E-state index in [0.29, 0.717) is 18.7 Å². The molecule has 1 heterocycles. The molecule has 1 atom stereocenters. The Morgan fingerprint density at radius 2 is 2.07 bits per heavy atom. The third kappa shape index (κ3) is 5.75. The SMILES string of the molecule is CCOc1ccc(C(=O)NCC2CCCO2)cc1CSc1ccc(C)cc1. The van der Waals surface area contributed by atoms with Crippen molar-refractivity contribution in [2.24, 2.45) is 0 Å². The van der Waals surface area contributed by atoms with Crippen LogP contribution in [0.3, 0.4) is 0 Å². The van der Waals surface area contributed by atoms with Crippen LogP contribution in [0, 0.1) is 6.92 Å². The summed E-state index contributed by atoms with van der Waals surface area (Å²) in [4.78, 5) is 13.7. The fourth-order valence-corrected chi connectivity index (χ4v) is 3.92. The molecule has 0 aliphatic carbocycles. The first-order valence-corrected chi connectivity index (χ1v) is 10.5. The van der Waals surface area contributed by atoms with E-state index in [0.717, 1.165) is 36.5 Å². The van der Waals surface area contributed by atoms with Crippen LogP contribution in [-0.4, -0.2) is 31.8 Å². The van der Waals surface area contributed by atoms with Gasteiger partial charge in [-0.15, -0.1) is 11.8 Å². The fraction of sp³-hybridized carbons (Fsp3) is 0.409. The molecule has 2 aromatic carbocycles. The number of rotatable bonds is 8. The van der Waals surface area contributed by atoms with Crippen molar-refractivity contribution in [3.05, 3.63) is 59.2 Å². The summed E-state index contributed by atoms with van der Waals surface area (Å²) in [5.74, 6) is 1.54. The molecule has 0 saturated carbocycles. The van der Waals surface area contributed by atoms with Gasteiger partial charge in [0.2, 0.25) is 0 Å². The van der Waals surface area contributed by atoms with Crippen LogP contribution in [0.2, 0.25) is 0 Å². The Labute approximate surface area is 165 Å². The largest absolute Gasteiger partial charge is 0.494 e. The van der Waals surface area contributed by atoms with Crippen molar-refractivity contribution in [3.8, 4) is 5.75 Å². The first-order chi connectivity index (χ1) is 13.2. The lowest BCUT2D eigenvalue weighted by Crippen LogP contribution is -2.31. The van der Waals surface area contributed by atoms with Gasteiger partial charge in [0.05, 0.1) is 12.7 Å². The van der Waals surface area contributed by atoms with E-state index < -0.39 is 0 Å². The number of hydrogen-bond donors (Lipinski definition) is 1. The van der Waals surface area contributed by atoms with Crippen LogP contribution >= 0.6 is 11.8 Å². The molecule has 27 heavy (non-hydrogen) atoms. The average molecular weight is 386 g/mol. The lowest BCUT2D eigenvalue weighted by molar-refractivity contribution is 0.0857. The lowest BCUT2D eigenvalue weighted by atomic mass is 10.1. The van der Waals surface area contributed by atoms with E-state index >= 15 is 0 Å². The van der Waals surface area contributed by atoms with Gasteiger partial charge >= 0.3 is 0 Å². The highest BCUT2D eigenvalue weighted by molar-refractivity contribution is 7.98. The average Bonchev–Trinajstić information content (AvgIpc) is 3.20. The highest BCUT2D eigenvalue weighted by Gasteiger charge is 2.17. The molecule has 0 bridgehead atoms. The predicted octanol–water partition coefficient (Wildman–Crippen LogP) is 4.59. The van der Waals surface area contributed by atoms with Crippen LogP contribution in [0.1, 0.15) is 41.3 Å². The summed E-state index contributed by atoms with van der Waals surface area (Å²) in [6, 6.07) is 14.1. The van der Waals surface area contributed by atoms with E-state index in [1.165, 1.54) is 10.5 Å². The molecule has 0 radical (unpaired) electrons. The van der Waals surface area contributed by atoms with Gasteiger partial charge in [-0.3, -0.25) is 4.79 Å². The molecule has 1 saturated heterocycles. The lowest BCUT2D eigenvalue weighted by Gasteiger charge is -2.14. The van der Waals surface area contributed by atoms with Crippen molar-refractivity contribution in [2.75, 3.05) is 19.8 Å². The van der Waals surface area contributed by atoms with E-state index in [4.69, 9.17) is 9.47 Å². The second kappa shape index (κ2) is 9.81. The monoisotopic (exact) mass is 385 g/mol. The Kier molecular flexibility index (Phi) is 7.18. The minimum absolute atomic E-state index is 0.0601. The number of aryl methyl sites for hydroxylation is 1. The van der Waals surface area contributed by atoms with E-state index in [2.05, 4.69) is 36.5 Å². The number of carbonyl (C=O) groups is 1. The summed E-state index contributed by atoms with van der Waals surface area (Å²) in [6.07, 6.45) is 2.24. The molecule has 0 aromatic heterocycles. The van der Waals surface area contributed by atoms with Gasteiger partial charge in [-0.25, -0.2) is 0 Å². The molecule has 1 aliphatic heterocycles. The number of hydrogen-bond acceptors (Lipinski definition) is 4. The molecular formula is C22H27NO3S. The Morgan fingerprint density at radius 1 is 1.26 bits per heavy atom. The summed E-state index contributed by atoms with van der Waals surface area (Å²) < 4.78 is 11.3. The Bertz CT molecular complexity index is 755. The fourth-order valence-electron chi connectivity index (χ4n) is 3.04. The maximum absolute atomic E-state index is 12.5. The normalized spacial score (nSPS) is 16.3. The quantitative estimate of drug-likeness (QED) is 0.675. The van der Waals surface area contributed by atoms with E-state index in [1.807, 2.05) is 25.1 Å². The molecular weight excluding hydrogens is 358 g/mol. The number of ether oxygens (including phenoxy) is 2.